The van der Waals surface area contributed by atoms with E-state index in [1.807, 2.05) is 76.2 Å². The Labute approximate surface area is 324 Å². The molecule has 2 aromatic rings. The summed E-state index contributed by atoms with van der Waals surface area (Å²) in [5.41, 5.74) is -1.33. The fourth-order valence-electron chi connectivity index (χ4n) is 7.92. The molecule has 10 nitrogen and oxygen atoms in total. The minimum Gasteiger partial charge on any atom is -0.497 e. The van der Waals surface area contributed by atoms with E-state index in [0.29, 0.717) is 33.0 Å². The zero-order valence-electron chi connectivity index (χ0n) is 34.7. The molecule has 0 spiro atoms. The number of methoxy groups -OCH3 is 2. The monoisotopic (exact) mass is 756 g/mol. The Balaban J connectivity index is 0.000000241. The molecule has 3 aliphatic heterocycles. The predicted molar refractivity (Wildman–Crippen MR) is 209 cm³/mol. The number of Topliss-reactive ketones (excluding diaryl/α,β-unsaturated/α-hetero) is 1. The van der Waals surface area contributed by atoms with Crippen LogP contribution in [0.5, 0.6) is 11.5 Å². The van der Waals surface area contributed by atoms with E-state index in [2.05, 4.69) is 27.7 Å². The van der Waals surface area contributed by atoms with Crippen LogP contribution >= 0.6 is 0 Å². The van der Waals surface area contributed by atoms with Crippen LogP contribution in [0.2, 0.25) is 0 Å². The molecule has 0 amide bonds. The number of aliphatic hydroxyl groups is 1. The average Bonchev–Trinajstić information content (AvgIpc) is 3.43. The van der Waals surface area contributed by atoms with Gasteiger partial charge in [0.2, 0.25) is 0 Å². The molecule has 0 radical (unpaired) electrons. The standard InChI is InChI=1S/2C22H34O5/c1-20(2,14-26-18-11-6-7-12-25-18)22(23)19(27-15-21(22,3)4)16-9-8-10-17(13-16)24-5;1-21(2,15-25-14-17-9-8-10-18(13-17)24-5)20(23)22(3,4)16-27-19-11-6-7-12-26-19/h8-10,13,18-19,23H,6-7,11-12,14-15H2,1-5H3;8-10,13,19H,6-7,11-12,14-16H2,1-5H3. The van der Waals surface area contributed by atoms with Crippen LogP contribution in [0.1, 0.15) is 111 Å². The van der Waals surface area contributed by atoms with E-state index >= 15 is 0 Å². The molecule has 3 fully saturated rings. The second-order valence-corrected chi connectivity index (χ2v) is 17.7. The van der Waals surface area contributed by atoms with Crippen molar-refractivity contribution in [1.82, 2.24) is 0 Å². The van der Waals surface area contributed by atoms with Crippen LogP contribution in [-0.4, -0.2) is 82.9 Å². The SMILES string of the molecule is COc1cccc(C2OCC(C)(C)C2(O)C(C)(C)COC2CCCCO2)c1.COc1cccc(COCC(C)(C)C(=O)C(C)(C)COC2CCCCO2)c1. The minimum absolute atomic E-state index is 0.136. The van der Waals surface area contributed by atoms with Crippen molar-refractivity contribution in [3.05, 3.63) is 59.7 Å². The summed E-state index contributed by atoms with van der Waals surface area (Å²) in [6.07, 6.45) is 5.41. The highest BCUT2D eigenvalue weighted by molar-refractivity contribution is 5.89. The smallest absolute Gasteiger partial charge is 0.157 e. The molecule has 10 heteroatoms. The van der Waals surface area contributed by atoms with Gasteiger partial charge in [0.15, 0.2) is 12.6 Å². The van der Waals surface area contributed by atoms with Gasteiger partial charge in [0.05, 0.1) is 47.3 Å². The van der Waals surface area contributed by atoms with Crippen LogP contribution in [0.25, 0.3) is 0 Å². The maximum atomic E-state index is 13.1. The van der Waals surface area contributed by atoms with Crippen molar-refractivity contribution in [2.24, 2.45) is 21.7 Å². The van der Waals surface area contributed by atoms with Gasteiger partial charge in [-0.1, -0.05) is 79.7 Å². The second-order valence-electron chi connectivity index (χ2n) is 17.7. The number of ketones is 1. The Hall–Kier alpha value is -2.57. The normalized spacial score (nSPS) is 24.7. The Morgan fingerprint density at radius 1 is 0.759 bits per heavy atom. The lowest BCUT2D eigenvalue weighted by molar-refractivity contribution is -0.221. The number of carbonyl (C=O) groups excluding carboxylic acids is 1. The van der Waals surface area contributed by atoms with E-state index in [4.69, 9.17) is 37.9 Å². The van der Waals surface area contributed by atoms with Gasteiger partial charge < -0.3 is 43.0 Å². The Kier molecular flexibility index (Phi) is 15.6. The third-order valence-electron chi connectivity index (χ3n) is 11.1. The second kappa shape index (κ2) is 19.0. The predicted octanol–water partition coefficient (Wildman–Crippen LogP) is 8.47. The van der Waals surface area contributed by atoms with Crippen LogP contribution in [0, 0.1) is 21.7 Å². The van der Waals surface area contributed by atoms with Crippen LogP contribution < -0.4 is 9.47 Å². The highest BCUT2D eigenvalue weighted by atomic mass is 16.7. The molecule has 54 heavy (non-hydrogen) atoms. The zero-order chi connectivity index (χ0) is 39.6. The maximum Gasteiger partial charge on any atom is 0.157 e. The molecule has 0 bridgehead atoms. The first-order chi connectivity index (χ1) is 25.5. The van der Waals surface area contributed by atoms with Gasteiger partial charge in [-0.05, 0) is 73.9 Å². The third kappa shape index (κ3) is 11.1. The third-order valence-corrected chi connectivity index (χ3v) is 11.1. The summed E-state index contributed by atoms with van der Waals surface area (Å²) < 4.78 is 45.9. The lowest BCUT2D eigenvalue weighted by atomic mass is 9.59. The van der Waals surface area contributed by atoms with Crippen LogP contribution in [0.3, 0.4) is 0 Å². The van der Waals surface area contributed by atoms with Crippen molar-refractivity contribution in [2.75, 3.05) is 53.9 Å². The summed E-state index contributed by atoms with van der Waals surface area (Å²) >= 11 is 0. The van der Waals surface area contributed by atoms with Gasteiger partial charge in [-0.25, -0.2) is 0 Å². The zero-order valence-corrected chi connectivity index (χ0v) is 34.7. The summed E-state index contributed by atoms with van der Waals surface area (Å²) in [6, 6.07) is 15.5. The first-order valence-electron chi connectivity index (χ1n) is 19.7. The summed E-state index contributed by atoms with van der Waals surface area (Å²) in [5.74, 6) is 1.69. The van der Waals surface area contributed by atoms with E-state index in [1.54, 1.807) is 14.2 Å². The van der Waals surface area contributed by atoms with Gasteiger partial charge in [-0.3, -0.25) is 4.79 Å². The average molecular weight is 757 g/mol. The van der Waals surface area contributed by atoms with Gasteiger partial charge in [-0.2, -0.15) is 0 Å². The highest BCUT2D eigenvalue weighted by Gasteiger charge is 2.63. The Morgan fingerprint density at radius 2 is 1.31 bits per heavy atom. The molecule has 0 saturated carbocycles. The van der Waals surface area contributed by atoms with Crippen molar-refractivity contribution < 1.29 is 47.8 Å². The van der Waals surface area contributed by atoms with Crippen LogP contribution in [0.4, 0.5) is 0 Å². The molecule has 304 valence electrons. The Bertz CT molecular complexity index is 1460. The number of benzene rings is 2. The van der Waals surface area contributed by atoms with Crippen molar-refractivity contribution in [3.8, 4) is 11.5 Å². The summed E-state index contributed by atoms with van der Waals surface area (Å²) in [5, 5.41) is 12.1. The molecule has 3 heterocycles. The molecule has 5 rings (SSSR count). The molecule has 2 aromatic carbocycles. The summed E-state index contributed by atoms with van der Waals surface area (Å²) in [7, 11) is 3.29. The van der Waals surface area contributed by atoms with Crippen molar-refractivity contribution in [3.63, 3.8) is 0 Å². The first-order valence-corrected chi connectivity index (χ1v) is 19.7. The van der Waals surface area contributed by atoms with E-state index in [9.17, 15) is 9.90 Å². The van der Waals surface area contributed by atoms with Gasteiger partial charge in [-0.15, -0.1) is 0 Å². The van der Waals surface area contributed by atoms with Crippen LogP contribution in [0.15, 0.2) is 48.5 Å². The molecular weight excluding hydrogens is 688 g/mol. The molecule has 3 aliphatic rings. The van der Waals surface area contributed by atoms with Gasteiger partial charge in [0.1, 0.15) is 29.0 Å². The quantitative estimate of drug-likeness (QED) is 0.179. The first kappa shape index (κ1) is 44.1. The number of hydrogen-bond donors (Lipinski definition) is 1. The topological polar surface area (TPSA) is 111 Å². The number of carbonyl (C=O) groups is 1. The number of rotatable bonds is 16. The molecule has 1 N–H and O–H groups in total. The van der Waals surface area contributed by atoms with Crippen molar-refractivity contribution in [1.29, 1.82) is 0 Å². The Morgan fingerprint density at radius 3 is 1.89 bits per heavy atom. The van der Waals surface area contributed by atoms with Crippen molar-refractivity contribution >= 4 is 5.78 Å². The molecule has 4 atom stereocenters. The van der Waals surface area contributed by atoms with E-state index in [0.717, 1.165) is 74.4 Å². The van der Waals surface area contributed by atoms with Gasteiger partial charge >= 0.3 is 0 Å². The fourth-order valence-corrected chi connectivity index (χ4v) is 7.92. The summed E-state index contributed by atoms with van der Waals surface area (Å²) in [4.78, 5) is 13.1. The lowest BCUT2D eigenvalue weighted by Gasteiger charge is -2.50. The van der Waals surface area contributed by atoms with Gasteiger partial charge in [0, 0.05) is 34.9 Å². The number of ether oxygens (including phenoxy) is 8. The molecule has 3 saturated heterocycles. The molecule has 0 aliphatic carbocycles. The largest absolute Gasteiger partial charge is 0.497 e. The van der Waals surface area contributed by atoms with E-state index in [1.165, 1.54) is 0 Å². The fraction of sp³-hybridized carbons (Fsp3) is 0.705. The maximum absolute atomic E-state index is 13.1. The lowest BCUT2D eigenvalue weighted by Crippen LogP contribution is -2.58. The van der Waals surface area contributed by atoms with E-state index < -0.39 is 33.4 Å². The van der Waals surface area contributed by atoms with Crippen molar-refractivity contribution in [2.45, 2.75) is 125 Å². The van der Waals surface area contributed by atoms with E-state index in [-0.39, 0.29) is 18.4 Å². The molecular formula is C44H68O10. The minimum atomic E-state index is -1.11. The van der Waals surface area contributed by atoms with Crippen LogP contribution in [-0.2, 0) is 39.8 Å². The highest BCUT2D eigenvalue weighted by Crippen LogP contribution is 2.58. The molecule has 4 unspecified atom stereocenters. The molecule has 0 aromatic heterocycles. The van der Waals surface area contributed by atoms with Gasteiger partial charge in [0.25, 0.3) is 0 Å². The number of hydrogen-bond acceptors (Lipinski definition) is 10. The summed E-state index contributed by atoms with van der Waals surface area (Å²) in [6.45, 7) is 19.5.